The zero-order valence-electron chi connectivity index (χ0n) is 12.7. The van der Waals surface area contributed by atoms with Crippen LogP contribution in [0.15, 0.2) is 53.4 Å². The van der Waals surface area contributed by atoms with Crippen LogP contribution in [0, 0.1) is 0 Å². The minimum Gasteiger partial charge on any atom is -0.322 e. The molecule has 0 fully saturated rings. The van der Waals surface area contributed by atoms with Crippen LogP contribution in [-0.2, 0) is 15.9 Å². The topological polar surface area (TPSA) is 89.3 Å². The predicted molar refractivity (Wildman–Crippen MR) is 82.2 cm³/mol. The molecule has 140 valence electrons. The van der Waals surface area contributed by atoms with E-state index in [1.165, 1.54) is 12.1 Å². The van der Waals surface area contributed by atoms with E-state index in [4.69, 9.17) is 5.14 Å². The standard InChI is InChI=1S/C15H11F5N2O3S/c16-14(17,15(18,19)20)12-7-2-1-6-11(12)13(23)22-9-4-3-5-10(8-9)26(21,24)25/h1-8H,(H,22,23)(H2,21,24,25). The van der Waals surface area contributed by atoms with Crippen LogP contribution in [0.4, 0.5) is 27.6 Å². The lowest BCUT2D eigenvalue weighted by atomic mass is 10.0. The molecular weight excluding hydrogens is 383 g/mol. The van der Waals surface area contributed by atoms with Gasteiger partial charge < -0.3 is 5.32 Å². The highest BCUT2D eigenvalue weighted by Crippen LogP contribution is 2.45. The van der Waals surface area contributed by atoms with Crippen molar-refractivity contribution in [1.29, 1.82) is 0 Å². The van der Waals surface area contributed by atoms with Crippen molar-refractivity contribution in [2.45, 2.75) is 17.0 Å². The number of benzene rings is 2. The summed E-state index contributed by atoms with van der Waals surface area (Å²) in [7, 11) is -4.10. The van der Waals surface area contributed by atoms with Gasteiger partial charge in [0, 0.05) is 16.8 Å². The van der Waals surface area contributed by atoms with Gasteiger partial charge in [-0.1, -0.05) is 24.3 Å². The Labute approximate surface area is 144 Å². The minimum atomic E-state index is -5.89. The van der Waals surface area contributed by atoms with E-state index in [0.29, 0.717) is 6.07 Å². The number of hydrogen-bond donors (Lipinski definition) is 2. The van der Waals surface area contributed by atoms with Crippen LogP contribution in [0.1, 0.15) is 15.9 Å². The summed E-state index contributed by atoms with van der Waals surface area (Å²) < 4.78 is 87.7. The molecule has 0 aliphatic heterocycles. The third-order valence-electron chi connectivity index (χ3n) is 3.29. The largest absolute Gasteiger partial charge is 0.458 e. The summed E-state index contributed by atoms with van der Waals surface area (Å²) in [4.78, 5) is 11.8. The van der Waals surface area contributed by atoms with E-state index in [1.807, 2.05) is 0 Å². The molecule has 0 atom stereocenters. The zero-order chi connectivity index (χ0) is 19.8. The molecule has 0 aliphatic carbocycles. The minimum absolute atomic E-state index is 0.147. The second-order valence-electron chi connectivity index (χ2n) is 5.14. The van der Waals surface area contributed by atoms with Crippen molar-refractivity contribution in [3.63, 3.8) is 0 Å². The number of anilines is 1. The average Bonchev–Trinajstić information content (AvgIpc) is 2.53. The third kappa shape index (κ3) is 3.99. The lowest BCUT2D eigenvalue weighted by Crippen LogP contribution is -2.35. The molecule has 0 unspecified atom stereocenters. The molecule has 26 heavy (non-hydrogen) atoms. The highest BCUT2D eigenvalue weighted by atomic mass is 32.2. The van der Waals surface area contributed by atoms with Crippen molar-refractivity contribution in [1.82, 2.24) is 0 Å². The Morgan fingerprint density at radius 2 is 1.58 bits per heavy atom. The summed E-state index contributed by atoms with van der Waals surface area (Å²) in [6, 6.07) is 7.84. The van der Waals surface area contributed by atoms with Crippen molar-refractivity contribution in [3.8, 4) is 0 Å². The summed E-state index contributed by atoms with van der Waals surface area (Å²) in [5.41, 5.74) is -2.57. The van der Waals surface area contributed by atoms with Gasteiger partial charge in [-0.25, -0.2) is 13.6 Å². The molecule has 0 bridgehead atoms. The van der Waals surface area contributed by atoms with Gasteiger partial charge in [0.15, 0.2) is 0 Å². The van der Waals surface area contributed by atoms with Crippen LogP contribution in [0.25, 0.3) is 0 Å². The Morgan fingerprint density at radius 1 is 0.962 bits per heavy atom. The van der Waals surface area contributed by atoms with Crippen LogP contribution >= 0.6 is 0 Å². The zero-order valence-corrected chi connectivity index (χ0v) is 13.5. The number of rotatable bonds is 4. The summed E-state index contributed by atoms with van der Waals surface area (Å²) in [5, 5.41) is 7.01. The Bertz CT molecular complexity index is 942. The van der Waals surface area contributed by atoms with Crippen molar-refractivity contribution < 1.29 is 35.2 Å². The third-order valence-corrected chi connectivity index (χ3v) is 4.20. The average molecular weight is 394 g/mol. The fourth-order valence-corrected chi connectivity index (χ4v) is 2.62. The number of nitrogens with two attached hydrogens (primary N) is 1. The van der Waals surface area contributed by atoms with Gasteiger partial charge in [-0.05, 0) is 24.3 Å². The monoisotopic (exact) mass is 394 g/mol. The Hall–Kier alpha value is -2.53. The normalized spacial score (nSPS) is 12.7. The lowest BCUT2D eigenvalue weighted by molar-refractivity contribution is -0.289. The fraction of sp³-hybridized carbons (Fsp3) is 0.133. The number of alkyl halides is 5. The predicted octanol–water partition coefficient (Wildman–Crippen LogP) is 3.24. The lowest BCUT2D eigenvalue weighted by Gasteiger charge is -2.22. The smallest absolute Gasteiger partial charge is 0.322 e. The number of amides is 1. The maximum absolute atomic E-state index is 13.6. The first-order valence-electron chi connectivity index (χ1n) is 6.82. The molecule has 0 spiro atoms. The molecule has 2 rings (SSSR count). The van der Waals surface area contributed by atoms with E-state index in [0.717, 1.165) is 30.3 Å². The number of sulfonamides is 1. The first-order valence-corrected chi connectivity index (χ1v) is 8.37. The highest BCUT2D eigenvalue weighted by Gasteiger charge is 2.59. The molecule has 0 saturated carbocycles. The van der Waals surface area contributed by atoms with Gasteiger partial charge >= 0.3 is 12.1 Å². The maximum Gasteiger partial charge on any atom is 0.458 e. The Kier molecular flexibility index (Phi) is 5.06. The van der Waals surface area contributed by atoms with Gasteiger partial charge in [-0.2, -0.15) is 22.0 Å². The summed E-state index contributed by atoms with van der Waals surface area (Å²) in [6.07, 6.45) is -5.89. The van der Waals surface area contributed by atoms with E-state index in [-0.39, 0.29) is 10.6 Å². The quantitative estimate of drug-likeness (QED) is 0.781. The number of carbonyl (C=O) groups is 1. The van der Waals surface area contributed by atoms with E-state index in [2.05, 4.69) is 5.32 Å². The van der Waals surface area contributed by atoms with Gasteiger partial charge in [0.25, 0.3) is 5.91 Å². The SMILES string of the molecule is NS(=O)(=O)c1cccc(NC(=O)c2ccccc2C(F)(F)C(F)(F)F)c1. The second-order valence-corrected chi connectivity index (χ2v) is 6.71. The molecule has 2 aromatic rings. The summed E-state index contributed by atoms with van der Waals surface area (Å²) in [6.45, 7) is 0. The van der Waals surface area contributed by atoms with E-state index >= 15 is 0 Å². The Balaban J connectivity index is 2.41. The first kappa shape index (κ1) is 19.8. The van der Waals surface area contributed by atoms with Crippen molar-refractivity contribution in [2.24, 2.45) is 5.14 Å². The van der Waals surface area contributed by atoms with Gasteiger partial charge in [-0.3, -0.25) is 4.79 Å². The van der Waals surface area contributed by atoms with Gasteiger partial charge in [0.1, 0.15) is 0 Å². The van der Waals surface area contributed by atoms with Crippen molar-refractivity contribution in [3.05, 3.63) is 59.7 Å². The molecule has 0 radical (unpaired) electrons. The number of hydrogen-bond acceptors (Lipinski definition) is 3. The summed E-state index contributed by atoms with van der Waals surface area (Å²) >= 11 is 0. The maximum atomic E-state index is 13.6. The molecule has 2 aromatic carbocycles. The molecule has 0 aromatic heterocycles. The van der Waals surface area contributed by atoms with Crippen LogP contribution in [0.3, 0.4) is 0 Å². The highest BCUT2D eigenvalue weighted by molar-refractivity contribution is 7.89. The van der Waals surface area contributed by atoms with E-state index in [9.17, 15) is 35.2 Å². The number of primary sulfonamides is 1. The summed E-state index contributed by atoms with van der Waals surface area (Å²) in [5.74, 6) is -6.51. The number of halogens is 5. The van der Waals surface area contributed by atoms with Crippen LogP contribution in [0.2, 0.25) is 0 Å². The van der Waals surface area contributed by atoms with E-state index < -0.39 is 39.2 Å². The molecule has 0 aliphatic rings. The van der Waals surface area contributed by atoms with Crippen molar-refractivity contribution in [2.75, 3.05) is 5.32 Å². The molecule has 5 nitrogen and oxygen atoms in total. The molecule has 11 heteroatoms. The fourth-order valence-electron chi connectivity index (χ4n) is 2.06. The van der Waals surface area contributed by atoms with E-state index in [1.54, 1.807) is 0 Å². The molecule has 1 amide bonds. The van der Waals surface area contributed by atoms with Crippen molar-refractivity contribution >= 4 is 21.6 Å². The molecule has 0 heterocycles. The Morgan fingerprint density at radius 3 is 2.15 bits per heavy atom. The molecule has 3 N–H and O–H groups in total. The molecule has 0 saturated heterocycles. The van der Waals surface area contributed by atoms with Crippen LogP contribution < -0.4 is 10.5 Å². The van der Waals surface area contributed by atoms with Crippen LogP contribution in [-0.4, -0.2) is 20.5 Å². The second kappa shape index (κ2) is 6.65. The van der Waals surface area contributed by atoms with Gasteiger partial charge in [0.2, 0.25) is 10.0 Å². The van der Waals surface area contributed by atoms with Gasteiger partial charge in [0.05, 0.1) is 4.90 Å². The van der Waals surface area contributed by atoms with Crippen LogP contribution in [0.5, 0.6) is 0 Å². The van der Waals surface area contributed by atoms with Gasteiger partial charge in [-0.15, -0.1) is 0 Å². The first-order chi connectivity index (χ1) is 11.8. The molecular formula is C15H11F5N2O3S. The number of carbonyl (C=O) groups excluding carboxylic acids is 1. The number of nitrogens with one attached hydrogen (secondary N) is 1.